The van der Waals surface area contributed by atoms with Gasteiger partial charge >= 0.3 is 0 Å². The zero-order valence-corrected chi connectivity index (χ0v) is 14.5. The third-order valence-corrected chi connectivity index (χ3v) is 4.36. The average Bonchev–Trinajstić information content (AvgIpc) is 2.77. The summed E-state index contributed by atoms with van der Waals surface area (Å²) in [6.07, 6.45) is 1.29. The molecule has 1 atom stereocenters. The molecule has 1 aliphatic heterocycles. The van der Waals surface area contributed by atoms with E-state index in [0.29, 0.717) is 16.9 Å². The summed E-state index contributed by atoms with van der Waals surface area (Å²) >= 11 is 0. The number of rotatable bonds is 5. The average molecular weight is 351 g/mol. The van der Waals surface area contributed by atoms with Gasteiger partial charge in [0.15, 0.2) is 0 Å². The first-order valence-electron chi connectivity index (χ1n) is 8.66. The van der Waals surface area contributed by atoms with E-state index in [0.717, 1.165) is 6.42 Å². The minimum atomic E-state index is -0.747. The van der Waals surface area contributed by atoms with Crippen LogP contribution in [0.4, 0.5) is 11.4 Å². The Kier molecular flexibility index (Phi) is 5.31. The van der Waals surface area contributed by atoms with Crippen LogP contribution in [0.2, 0.25) is 0 Å². The molecular weight excluding hydrogens is 330 g/mol. The summed E-state index contributed by atoms with van der Waals surface area (Å²) < 4.78 is 0. The van der Waals surface area contributed by atoms with Crippen molar-refractivity contribution in [3.05, 3.63) is 59.7 Å². The van der Waals surface area contributed by atoms with Crippen molar-refractivity contribution in [2.75, 3.05) is 10.6 Å². The summed E-state index contributed by atoms with van der Waals surface area (Å²) in [7, 11) is 0. The van der Waals surface area contributed by atoms with Gasteiger partial charge in [0.2, 0.25) is 11.8 Å². The zero-order valence-electron chi connectivity index (χ0n) is 14.5. The van der Waals surface area contributed by atoms with Crippen LogP contribution in [-0.4, -0.2) is 23.8 Å². The maximum Gasteiger partial charge on any atom is 0.254 e. The van der Waals surface area contributed by atoms with E-state index in [1.54, 1.807) is 24.3 Å². The molecule has 0 saturated heterocycles. The van der Waals surface area contributed by atoms with Crippen LogP contribution in [0.15, 0.2) is 48.5 Å². The molecule has 6 nitrogen and oxygen atoms in total. The van der Waals surface area contributed by atoms with Crippen molar-refractivity contribution in [1.82, 2.24) is 5.32 Å². The normalized spacial score (nSPS) is 16.1. The van der Waals surface area contributed by atoms with Gasteiger partial charge in [-0.25, -0.2) is 0 Å². The largest absolute Gasteiger partial charge is 0.340 e. The van der Waals surface area contributed by atoms with E-state index < -0.39 is 6.04 Å². The van der Waals surface area contributed by atoms with Gasteiger partial charge in [0.1, 0.15) is 6.04 Å². The number of anilines is 2. The summed E-state index contributed by atoms with van der Waals surface area (Å²) in [5.41, 5.74) is 2.82. The molecule has 1 unspecified atom stereocenters. The van der Waals surface area contributed by atoms with Crippen molar-refractivity contribution in [3.63, 3.8) is 0 Å². The maximum atomic E-state index is 12.3. The predicted octanol–water partition coefficient (Wildman–Crippen LogP) is 2.72. The first kappa shape index (κ1) is 17.7. The number of benzene rings is 2. The SMILES string of the molecule is CCc1ccc(NC(=O)CCC2NC(=O)c3ccccc3NC2=O)cc1. The van der Waals surface area contributed by atoms with Crippen LogP contribution in [0.25, 0.3) is 0 Å². The standard InChI is InChI=1S/C20H21N3O3/c1-2-13-7-9-14(10-8-13)21-18(24)12-11-17-20(26)22-16-6-4-3-5-15(16)19(25)23-17/h3-10,17H,2,11-12H2,1H3,(H,21,24)(H,22,26)(H,23,25). The Morgan fingerprint density at radius 3 is 2.54 bits per heavy atom. The van der Waals surface area contributed by atoms with Crippen LogP contribution < -0.4 is 16.0 Å². The second-order valence-corrected chi connectivity index (χ2v) is 6.20. The maximum absolute atomic E-state index is 12.3. The lowest BCUT2D eigenvalue weighted by molar-refractivity contribution is -0.118. The number of carbonyl (C=O) groups excluding carboxylic acids is 3. The van der Waals surface area contributed by atoms with E-state index in [1.165, 1.54) is 5.56 Å². The smallest absolute Gasteiger partial charge is 0.254 e. The molecule has 2 aromatic carbocycles. The Labute approximate surface area is 152 Å². The lowest BCUT2D eigenvalue weighted by atomic mass is 10.1. The highest BCUT2D eigenvalue weighted by Crippen LogP contribution is 2.19. The Morgan fingerprint density at radius 2 is 1.81 bits per heavy atom. The summed E-state index contributed by atoms with van der Waals surface area (Å²) in [5.74, 6) is -0.832. The van der Waals surface area contributed by atoms with Crippen molar-refractivity contribution in [2.24, 2.45) is 0 Å². The summed E-state index contributed by atoms with van der Waals surface area (Å²) in [6.45, 7) is 2.07. The van der Waals surface area contributed by atoms with Crippen molar-refractivity contribution in [1.29, 1.82) is 0 Å². The molecule has 1 heterocycles. The van der Waals surface area contributed by atoms with Gasteiger partial charge in [-0.2, -0.15) is 0 Å². The number of carbonyl (C=O) groups is 3. The van der Waals surface area contributed by atoms with E-state index in [2.05, 4.69) is 22.9 Å². The van der Waals surface area contributed by atoms with E-state index in [4.69, 9.17) is 0 Å². The first-order chi connectivity index (χ1) is 12.6. The van der Waals surface area contributed by atoms with E-state index in [1.807, 2.05) is 24.3 Å². The third-order valence-electron chi connectivity index (χ3n) is 4.36. The fraction of sp³-hybridized carbons (Fsp3) is 0.250. The molecule has 3 rings (SSSR count). The Morgan fingerprint density at radius 1 is 1.08 bits per heavy atom. The fourth-order valence-corrected chi connectivity index (χ4v) is 2.84. The highest BCUT2D eigenvalue weighted by atomic mass is 16.2. The van der Waals surface area contributed by atoms with Gasteiger partial charge in [-0.1, -0.05) is 31.2 Å². The lowest BCUT2D eigenvalue weighted by Gasteiger charge is -2.14. The van der Waals surface area contributed by atoms with Gasteiger partial charge in [0, 0.05) is 12.1 Å². The Bertz CT molecular complexity index is 830. The number of hydrogen-bond donors (Lipinski definition) is 3. The molecule has 0 spiro atoms. The first-order valence-corrected chi connectivity index (χ1v) is 8.66. The molecule has 0 aliphatic carbocycles. The molecule has 26 heavy (non-hydrogen) atoms. The van der Waals surface area contributed by atoms with E-state index in [9.17, 15) is 14.4 Å². The van der Waals surface area contributed by atoms with Crippen molar-refractivity contribution in [3.8, 4) is 0 Å². The number of fused-ring (bicyclic) bond motifs is 1. The molecule has 0 saturated carbocycles. The highest BCUT2D eigenvalue weighted by Gasteiger charge is 2.27. The topological polar surface area (TPSA) is 87.3 Å². The predicted molar refractivity (Wildman–Crippen MR) is 100 cm³/mol. The van der Waals surface area contributed by atoms with Crippen molar-refractivity contribution < 1.29 is 14.4 Å². The molecule has 0 aromatic heterocycles. The zero-order chi connectivity index (χ0) is 18.5. The Hall–Kier alpha value is -3.15. The van der Waals surface area contributed by atoms with E-state index >= 15 is 0 Å². The van der Waals surface area contributed by atoms with Crippen LogP contribution in [0.1, 0.15) is 35.7 Å². The molecule has 3 N–H and O–H groups in total. The highest BCUT2D eigenvalue weighted by molar-refractivity contribution is 6.09. The molecule has 1 aliphatic rings. The number of aryl methyl sites for hydroxylation is 1. The summed E-state index contributed by atoms with van der Waals surface area (Å²) in [4.78, 5) is 36.7. The van der Waals surface area contributed by atoms with Gasteiger partial charge in [0.25, 0.3) is 5.91 Å². The fourth-order valence-electron chi connectivity index (χ4n) is 2.84. The molecule has 6 heteroatoms. The van der Waals surface area contributed by atoms with Gasteiger partial charge < -0.3 is 16.0 Å². The third kappa shape index (κ3) is 4.08. The van der Waals surface area contributed by atoms with Crippen LogP contribution in [-0.2, 0) is 16.0 Å². The molecule has 0 bridgehead atoms. The summed E-state index contributed by atoms with van der Waals surface area (Å²) in [5, 5.41) is 8.23. The van der Waals surface area contributed by atoms with Crippen LogP contribution in [0, 0.1) is 0 Å². The van der Waals surface area contributed by atoms with E-state index in [-0.39, 0.29) is 30.6 Å². The van der Waals surface area contributed by atoms with Crippen LogP contribution >= 0.6 is 0 Å². The minimum absolute atomic E-state index is 0.129. The minimum Gasteiger partial charge on any atom is -0.340 e. The lowest BCUT2D eigenvalue weighted by Crippen LogP contribution is -2.41. The number of amides is 3. The summed E-state index contributed by atoms with van der Waals surface area (Å²) in [6, 6.07) is 13.7. The van der Waals surface area contributed by atoms with Gasteiger partial charge in [0.05, 0.1) is 11.3 Å². The monoisotopic (exact) mass is 351 g/mol. The second-order valence-electron chi connectivity index (χ2n) is 6.20. The van der Waals surface area contributed by atoms with Crippen molar-refractivity contribution in [2.45, 2.75) is 32.2 Å². The Balaban J connectivity index is 1.58. The van der Waals surface area contributed by atoms with Gasteiger partial charge in [-0.3, -0.25) is 14.4 Å². The quantitative estimate of drug-likeness (QED) is 0.774. The van der Waals surface area contributed by atoms with Gasteiger partial charge in [-0.05, 0) is 42.7 Å². The molecule has 0 radical (unpaired) electrons. The molecule has 2 aromatic rings. The second kappa shape index (κ2) is 7.82. The molecule has 0 fully saturated rings. The van der Waals surface area contributed by atoms with Gasteiger partial charge in [-0.15, -0.1) is 0 Å². The van der Waals surface area contributed by atoms with Crippen LogP contribution in [0.5, 0.6) is 0 Å². The number of para-hydroxylation sites is 1. The van der Waals surface area contributed by atoms with Crippen molar-refractivity contribution >= 4 is 29.1 Å². The molecule has 134 valence electrons. The molecular formula is C20H21N3O3. The number of nitrogens with one attached hydrogen (secondary N) is 3. The number of hydrogen-bond acceptors (Lipinski definition) is 3. The van der Waals surface area contributed by atoms with Crippen LogP contribution in [0.3, 0.4) is 0 Å². The molecule has 3 amide bonds.